The summed E-state index contributed by atoms with van der Waals surface area (Å²) in [4.78, 5) is 23.8. The molecule has 0 bridgehead atoms. The summed E-state index contributed by atoms with van der Waals surface area (Å²) < 4.78 is 52.9. The van der Waals surface area contributed by atoms with Crippen molar-refractivity contribution >= 4 is 17.5 Å². The lowest BCUT2D eigenvalue weighted by Gasteiger charge is -2.09. The molecule has 8 heteroatoms. The van der Waals surface area contributed by atoms with Gasteiger partial charge in [0.05, 0.1) is 5.56 Å². The Kier molecular flexibility index (Phi) is 4.43. The van der Waals surface area contributed by atoms with Gasteiger partial charge in [0.2, 0.25) is 0 Å². The number of benzene rings is 2. The van der Waals surface area contributed by atoms with Gasteiger partial charge in [-0.1, -0.05) is 0 Å². The zero-order valence-corrected chi connectivity index (χ0v) is 12.7. The second-order valence-electron chi connectivity index (χ2n) is 5.63. The Hall–Kier alpha value is -2.90. The average Bonchev–Trinajstić information content (AvgIpc) is 3.40. The molecule has 0 radical (unpaired) electrons. The van der Waals surface area contributed by atoms with Gasteiger partial charge in [0, 0.05) is 17.3 Å². The summed E-state index contributed by atoms with van der Waals surface area (Å²) in [6, 6.07) is 6.12. The van der Waals surface area contributed by atoms with Crippen molar-refractivity contribution in [1.82, 2.24) is 5.32 Å². The van der Waals surface area contributed by atoms with Crippen LogP contribution in [0.1, 0.15) is 33.6 Å². The van der Waals surface area contributed by atoms with Crippen LogP contribution < -0.4 is 10.6 Å². The fourth-order valence-electron chi connectivity index (χ4n) is 2.14. The van der Waals surface area contributed by atoms with Crippen molar-refractivity contribution in [3.8, 4) is 0 Å². The first kappa shape index (κ1) is 16.9. The molecular formula is C17H12F4N2O2. The molecule has 2 aromatic rings. The van der Waals surface area contributed by atoms with Gasteiger partial charge in [-0.3, -0.25) is 9.59 Å². The second-order valence-corrected chi connectivity index (χ2v) is 5.63. The molecule has 0 heterocycles. The summed E-state index contributed by atoms with van der Waals surface area (Å²) in [6.45, 7) is 0. The monoisotopic (exact) mass is 352 g/mol. The standard InChI is InChI=1S/C17H12F4N2O2/c18-12-7-11(13(19)15(21)14(12)20)17(25)23-9-3-1-8(2-4-9)16(24)22-10-5-6-10/h1-4,7,10H,5-6H2,(H,22,24)(H,23,25). The number of halogens is 4. The number of rotatable bonds is 4. The molecule has 0 atom stereocenters. The molecule has 4 nitrogen and oxygen atoms in total. The summed E-state index contributed by atoms with van der Waals surface area (Å²) in [6.07, 6.45) is 1.88. The van der Waals surface area contributed by atoms with Crippen molar-refractivity contribution in [2.75, 3.05) is 5.32 Å². The van der Waals surface area contributed by atoms with E-state index in [-0.39, 0.29) is 23.7 Å². The number of amides is 2. The fraction of sp³-hybridized carbons (Fsp3) is 0.176. The largest absolute Gasteiger partial charge is 0.349 e. The minimum absolute atomic E-state index is 0.178. The predicted octanol–water partition coefficient (Wildman–Crippen LogP) is 3.39. The SMILES string of the molecule is O=C(NC1CC1)c1ccc(NC(=O)c2cc(F)c(F)c(F)c2F)cc1. The third kappa shape index (κ3) is 3.62. The van der Waals surface area contributed by atoms with E-state index >= 15 is 0 Å². The normalized spacial score (nSPS) is 13.4. The van der Waals surface area contributed by atoms with Crippen LogP contribution in [-0.4, -0.2) is 17.9 Å². The van der Waals surface area contributed by atoms with Crippen molar-refractivity contribution in [3.63, 3.8) is 0 Å². The van der Waals surface area contributed by atoms with E-state index in [1.165, 1.54) is 24.3 Å². The van der Waals surface area contributed by atoms with E-state index in [2.05, 4.69) is 10.6 Å². The first-order chi connectivity index (χ1) is 11.9. The molecule has 2 amide bonds. The highest BCUT2D eigenvalue weighted by atomic mass is 19.2. The molecule has 1 aliphatic rings. The molecular weight excluding hydrogens is 340 g/mol. The molecule has 1 saturated carbocycles. The molecule has 2 aromatic carbocycles. The first-order valence-electron chi connectivity index (χ1n) is 7.42. The first-order valence-corrected chi connectivity index (χ1v) is 7.42. The number of anilines is 1. The molecule has 1 fully saturated rings. The average molecular weight is 352 g/mol. The van der Waals surface area contributed by atoms with Crippen LogP contribution in [0.4, 0.5) is 23.2 Å². The van der Waals surface area contributed by atoms with E-state index in [0.29, 0.717) is 5.56 Å². The Morgan fingerprint density at radius 1 is 0.880 bits per heavy atom. The Balaban J connectivity index is 1.74. The highest BCUT2D eigenvalue weighted by Crippen LogP contribution is 2.21. The van der Waals surface area contributed by atoms with Crippen LogP contribution in [0.2, 0.25) is 0 Å². The summed E-state index contributed by atoms with van der Waals surface area (Å²) in [5, 5.41) is 5.01. The van der Waals surface area contributed by atoms with E-state index < -0.39 is 34.7 Å². The van der Waals surface area contributed by atoms with Crippen LogP contribution in [0.3, 0.4) is 0 Å². The van der Waals surface area contributed by atoms with Gasteiger partial charge >= 0.3 is 0 Å². The number of hydrogen-bond donors (Lipinski definition) is 2. The number of nitrogens with one attached hydrogen (secondary N) is 2. The van der Waals surface area contributed by atoms with Crippen molar-refractivity contribution in [1.29, 1.82) is 0 Å². The van der Waals surface area contributed by atoms with E-state index in [1.807, 2.05) is 0 Å². The summed E-state index contributed by atoms with van der Waals surface area (Å²) in [7, 11) is 0. The molecule has 1 aliphatic carbocycles. The van der Waals surface area contributed by atoms with Gasteiger partial charge in [-0.2, -0.15) is 0 Å². The molecule has 2 N–H and O–H groups in total. The van der Waals surface area contributed by atoms with Gasteiger partial charge in [0.25, 0.3) is 11.8 Å². The maximum Gasteiger partial charge on any atom is 0.258 e. The lowest BCUT2D eigenvalue weighted by molar-refractivity contribution is 0.0950. The Labute approximate surface area is 139 Å². The summed E-state index contributed by atoms with van der Waals surface area (Å²) in [5.74, 6) is -8.90. The van der Waals surface area contributed by atoms with Crippen molar-refractivity contribution in [2.45, 2.75) is 18.9 Å². The molecule has 3 rings (SSSR count). The highest BCUT2D eigenvalue weighted by Gasteiger charge is 2.24. The number of carbonyl (C=O) groups is 2. The Morgan fingerprint density at radius 3 is 2.12 bits per heavy atom. The van der Waals surface area contributed by atoms with Crippen LogP contribution >= 0.6 is 0 Å². The fourth-order valence-corrected chi connectivity index (χ4v) is 2.14. The Morgan fingerprint density at radius 2 is 1.52 bits per heavy atom. The number of carbonyl (C=O) groups excluding carboxylic acids is 2. The molecule has 0 unspecified atom stereocenters. The third-order valence-electron chi connectivity index (χ3n) is 3.66. The minimum atomic E-state index is -2.06. The zero-order valence-electron chi connectivity index (χ0n) is 12.7. The molecule has 0 saturated heterocycles. The van der Waals surface area contributed by atoms with Crippen LogP contribution in [0, 0.1) is 23.3 Å². The van der Waals surface area contributed by atoms with Gasteiger partial charge in [-0.15, -0.1) is 0 Å². The van der Waals surface area contributed by atoms with Crippen LogP contribution in [0.15, 0.2) is 30.3 Å². The van der Waals surface area contributed by atoms with Gasteiger partial charge in [-0.25, -0.2) is 17.6 Å². The molecule has 0 aromatic heterocycles. The lowest BCUT2D eigenvalue weighted by atomic mass is 10.1. The quantitative estimate of drug-likeness (QED) is 0.503. The maximum absolute atomic E-state index is 13.6. The van der Waals surface area contributed by atoms with Crippen molar-refractivity contribution < 1.29 is 27.2 Å². The Bertz CT molecular complexity index is 849. The van der Waals surface area contributed by atoms with Gasteiger partial charge < -0.3 is 10.6 Å². The van der Waals surface area contributed by atoms with E-state index in [9.17, 15) is 27.2 Å². The van der Waals surface area contributed by atoms with E-state index in [4.69, 9.17) is 0 Å². The van der Waals surface area contributed by atoms with Crippen LogP contribution in [0.5, 0.6) is 0 Å². The van der Waals surface area contributed by atoms with Gasteiger partial charge in [0.15, 0.2) is 23.3 Å². The number of hydrogen-bond acceptors (Lipinski definition) is 2. The highest BCUT2D eigenvalue weighted by molar-refractivity contribution is 6.04. The van der Waals surface area contributed by atoms with Crippen molar-refractivity contribution in [3.05, 3.63) is 64.7 Å². The van der Waals surface area contributed by atoms with Crippen LogP contribution in [-0.2, 0) is 0 Å². The zero-order chi connectivity index (χ0) is 18.1. The third-order valence-corrected chi connectivity index (χ3v) is 3.66. The van der Waals surface area contributed by atoms with Gasteiger partial charge in [-0.05, 0) is 43.2 Å². The van der Waals surface area contributed by atoms with E-state index in [1.54, 1.807) is 0 Å². The lowest BCUT2D eigenvalue weighted by Crippen LogP contribution is -2.25. The minimum Gasteiger partial charge on any atom is -0.349 e. The van der Waals surface area contributed by atoms with Gasteiger partial charge in [0.1, 0.15) is 0 Å². The predicted molar refractivity (Wildman–Crippen MR) is 81.2 cm³/mol. The van der Waals surface area contributed by atoms with Crippen molar-refractivity contribution in [2.24, 2.45) is 0 Å². The maximum atomic E-state index is 13.6. The molecule has 0 aliphatic heterocycles. The topological polar surface area (TPSA) is 58.2 Å². The smallest absolute Gasteiger partial charge is 0.258 e. The van der Waals surface area contributed by atoms with E-state index in [0.717, 1.165) is 12.8 Å². The van der Waals surface area contributed by atoms with Crippen LogP contribution in [0.25, 0.3) is 0 Å². The summed E-state index contributed by atoms with van der Waals surface area (Å²) in [5.41, 5.74) is -0.417. The second kappa shape index (κ2) is 6.54. The molecule has 25 heavy (non-hydrogen) atoms. The molecule has 0 spiro atoms. The summed E-state index contributed by atoms with van der Waals surface area (Å²) >= 11 is 0. The molecule has 130 valence electrons.